The molecule has 0 heterocycles. The van der Waals surface area contributed by atoms with Crippen LogP contribution in [0.5, 0.6) is 5.75 Å². The van der Waals surface area contributed by atoms with Gasteiger partial charge in [-0.25, -0.2) is 0 Å². The molecular weight excluding hydrogens is 350 g/mol. The molecule has 0 aliphatic rings. The number of carbonyl (C=O) groups excluding carboxylic acids is 2. The number of ether oxygens (including phenoxy) is 1. The maximum atomic E-state index is 12.5. The van der Waals surface area contributed by atoms with Crippen molar-refractivity contribution in [2.24, 2.45) is 0 Å². The van der Waals surface area contributed by atoms with Crippen LogP contribution in [0.2, 0.25) is 0 Å². The van der Waals surface area contributed by atoms with Crippen molar-refractivity contribution in [3.05, 3.63) is 63.7 Å². The Morgan fingerprint density at radius 3 is 2.59 bits per heavy atom. The molecule has 0 radical (unpaired) electrons. The van der Waals surface area contributed by atoms with Gasteiger partial charge in [0.1, 0.15) is 0 Å². The van der Waals surface area contributed by atoms with E-state index in [0.717, 1.165) is 5.56 Å². The van der Waals surface area contributed by atoms with Gasteiger partial charge in [0.05, 0.1) is 17.6 Å². The van der Waals surface area contributed by atoms with Crippen molar-refractivity contribution < 1.29 is 19.2 Å². The molecule has 2 N–H and O–H groups in total. The third-order valence-electron chi connectivity index (χ3n) is 3.77. The zero-order valence-electron chi connectivity index (χ0n) is 15.3. The van der Waals surface area contributed by atoms with Gasteiger partial charge in [-0.15, -0.1) is 0 Å². The first-order valence-electron chi connectivity index (χ1n) is 8.41. The van der Waals surface area contributed by atoms with Crippen LogP contribution in [0, 0.1) is 10.1 Å². The van der Waals surface area contributed by atoms with Gasteiger partial charge < -0.3 is 15.4 Å². The quantitative estimate of drug-likeness (QED) is 0.572. The molecule has 0 bridgehead atoms. The number of benzene rings is 2. The molecule has 0 aliphatic carbocycles. The van der Waals surface area contributed by atoms with Crippen LogP contribution < -0.4 is 15.4 Å². The van der Waals surface area contributed by atoms with E-state index in [1.54, 1.807) is 32.0 Å². The molecule has 0 aromatic heterocycles. The fourth-order valence-electron chi connectivity index (χ4n) is 2.53. The molecule has 0 spiro atoms. The lowest BCUT2D eigenvalue weighted by atomic mass is 10.1. The van der Waals surface area contributed by atoms with E-state index in [9.17, 15) is 19.7 Å². The number of carbonyl (C=O) groups is 2. The highest BCUT2D eigenvalue weighted by Gasteiger charge is 2.20. The van der Waals surface area contributed by atoms with Gasteiger partial charge in [0.15, 0.2) is 5.75 Å². The third-order valence-corrected chi connectivity index (χ3v) is 3.77. The molecule has 1 atom stereocenters. The Labute approximate surface area is 156 Å². The normalized spacial score (nSPS) is 11.4. The van der Waals surface area contributed by atoms with Crippen LogP contribution in [0.15, 0.2) is 42.5 Å². The fourth-order valence-corrected chi connectivity index (χ4v) is 2.53. The molecule has 1 unspecified atom stereocenters. The van der Waals surface area contributed by atoms with Gasteiger partial charge in [0.2, 0.25) is 5.91 Å². The van der Waals surface area contributed by atoms with Crippen molar-refractivity contribution in [1.29, 1.82) is 0 Å². The number of nitrogens with one attached hydrogen (secondary N) is 2. The summed E-state index contributed by atoms with van der Waals surface area (Å²) in [4.78, 5) is 34.3. The zero-order valence-corrected chi connectivity index (χ0v) is 15.3. The summed E-state index contributed by atoms with van der Waals surface area (Å²) >= 11 is 0. The van der Waals surface area contributed by atoms with Crippen LogP contribution in [0.4, 0.5) is 11.4 Å². The summed E-state index contributed by atoms with van der Waals surface area (Å²) in [6, 6.07) is 10.8. The minimum atomic E-state index is -0.581. The van der Waals surface area contributed by atoms with Crippen molar-refractivity contribution in [3.8, 4) is 5.75 Å². The van der Waals surface area contributed by atoms with Crippen molar-refractivity contribution >= 4 is 23.2 Å². The molecule has 0 aliphatic heterocycles. The Bertz CT molecular complexity index is 866. The lowest BCUT2D eigenvalue weighted by Gasteiger charge is -2.16. The summed E-state index contributed by atoms with van der Waals surface area (Å²) in [7, 11) is 0. The molecule has 2 aromatic rings. The number of nitrogens with zero attached hydrogens (tertiary/aromatic N) is 1. The van der Waals surface area contributed by atoms with Gasteiger partial charge in [-0.05, 0) is 43.7 Å². The monoisotopic (exact) mass is 371 g/mol. The van der Waals surface area contributed by atoms with E-state index in [-0.39, 0.29) is 35.6 Å². The smallest absolute Gasteiger partial charge is 0.311 e. The molecule has 0 fully saturated rings. The first kappa shape index (κ1) is 19.9. The topological polar surface area (TPSA) is 111 Å². The Morgan fingerprint density at radius 1 is 1.22 bits per heavy atom. The van der Waals surface area contributed by atoms with E-state index in [0.29, 0.717) is 5.69 Å². The molecule has 142 valence electrons. The highest BCUT2D eigenvalue weighted by Crippen LogP contribution is 2.28. The molecule has 8 heteroatoms. The van der Waals surface area contributed by atoms with E-state index in [4.69, 9.17) is 4.74 Å². The summed E-state index contributed by atoms with van der Waals surface area (Å²) in [5.74, 6) is -0.515. The van der Waals surface area contributed by atoms with Crippen molar-refractivity contribution in [2.45, 2.75) is 26.8 Å². The molecule has 2 rings (SSSR count). The molecule has 0 saturated carbocycles. The van der Waals surface area contributed by atoms with Crippen molar-refractivity contribution in [2.75, 3.05) is 11.9 Å². The summed E-state index contributed by atoms with van der Waals surface area (Å²) in [5.41, 5.74) is 1.31. The van der Waals surface area contributed by atoms with Crippen LogP contribution in [0.25, 0.3) is 0 Å². The average molecular weight is 371 g/mol. The molecule has 8 nitrogen and oxygen atoms in total. The van der Waals surface area contributed by atoms with Gasteiger partial charge in [0.25, 0.3) is 5.91 Å². The van der Waals surface area contributed by atoms with Gasteiger partial charge in [0, 0.05) is 24.2 Å². The van der Waals surface area contributed by atoms with Crippen molar-refractivity contribution in [1.82, 2.24) is 5.32 Å². The SMILES string of the molecule is CCOc1ccc(C(=O)NC(C)c2cccc(NC(C)=O)c2)cc1[N+](=O)[O-]. The molecule has 27 heavy (non-hydrogen) atoms. The second kappa shape index (κ2) is 8.79. The molecular formula is C19H21N3O5. The Morgan fingerprint density at radius 2 is 1.96 bits per heavy atom. The van der Waals surface area contributed by atoms with Gasteiger partial charge in [-0.1, -0.05) is 12.1 Å². The van der Waals surface area contributed by atoms with E-state index in [1.165, 1.54) is 25.1 Å². The Balaban J connectivity index is 2.18. The van der Waals surface area contributed by atoms with Crippen LogP contribution in [0.3, 0.4) is 0 Å². The van der Waals surface area contributed by atoms with Gasteiger partial charge >= 0.3 is 5.69 Å². The lowest BCUT2D eigenvalue weighted by molar-refractivity contribution is -0.385. The number of hydrogen-bond acceptors (Lipinski definition) is 5. The molecule has 2 amide bonds. The van der Waals surface area contributed by atoms with E-state index in [2.05, 4.69) is 10.6 Å². The zero-order chi connectivity index (χ0) is 20.0. The minimum Gasteiger partial charge on any atom is -0.487 e. The second-order valence-corrected chi connectivity index (χ2v) is 5.87. The Kier molecular flexibility index (Phi) is 6.48. The summed E-state index contributed by atoms with van der Waals surface area (Å²) in [6.45, 7) is 5.21. The first-order chi connectivity index (χ1) is 12.8. The summed E-state index contributed by atoms with van der Waals surface area (Å²) in [6.07, 6.45) is 0. The summed E-state index contributed by atoms with van der Waals surface area (Å²) < 4.78 is 5.22. The third kappa shape index (κ3) is 5.27. The molecule has 0 saturated heterocycles. The number of anilines is 1. The number of nitro benzene ring substituents is 1. The average Bonchev–Trinajstić information content (AvgIpc) is 2.61. The lowest BCUT2D eigenvalue weighted by Crippen LogP contribution is -2.26. The van der Waals surface area contributed by atoms with E-state index >= 15 is 0 Å². The maximum absolute atomic E-state index is 12.5. The van der Waals surface area contributed by atoms with Gasteiger partial charge in [-0.3, -0.25) is 19.7 Å². The molecule has 2 aromatic carbocycles. The van der Waals surface area contributed by atoms with E-state index < -0.39 is 10.8 Å². The standard InChI is InChI=1S/C19H21N3O5/c1-4-27-18-9-8-15(11-17(18)22(25)26)19(24)20-12(2)14-6-5-7-16(10-14)21-13(3)23/h5-12H,4H2,1-3H3,(H,20,24)(H,21,23). The highest BCUT2D eigenvalue weighted by molar-refractivity contribution is 5.95. The van der Waals surface area contributed by atoms with Crippen LogP contribution in [0.1, 0.15) is 42.7 Å². The van der Waals surface area contributed by atoms with Crippen molar-refractivity contribution in [3.63, 3.8) is 0 Å². The number of amides is 2. The number of rotatable bonds is 7. The van der Waals surface area contributed by atoms with E-state index in [1.807, 2.05) is 6.07 Å². The Hall–Kier alpha value is -3.42. The van der Waals surface area contributed by atoms with Crippen LogP contribution in [-0.4, -0.2) is 23.3 Å². The van der Waals surface area contributed by atoms with Crippen LogP contribution in [-0.2, 0) is 4.79 Å². The summed E-state index contributed by atoms with van der Waals surface area (Å²) in [5, 5.41) is 16.7. The van der Waals surface area contributed by atoms with Crippen LogP contribution >= 0.6 is 0 Å². The predicted molar refractivity (Wildman–Crippen MR) is 101 cm³/mol. The second-order valence-electron chi connectivity index (χ2n) is 5.87. The number of hydrogen-bond donors (Lipinski definition) is 2. The first-order valence-corrected chi connectivity index (χ1v) is 8.41. The fraction of sp³-hybridized carbons (Fsp3) is 0.263. The minimum absolute atomic E-state index is 0.120. The largest absolute Gasteiger partial charge is 0.487 e. The highest BCUT2D eigenvalue weighted by atomic mass is 16.6. The predicted octanol–water partition coefficient (Wildman–Crippen LogP) is 3.44. The van der Waals surface area contributed by atoms with Gasteiger partial charge in [-0.2, -0.15) is 0 Å². The maximum Gasteiger partial charge on any atom is 0.311 e. The number of nitro groups is 1.